The van der Waals surface area contributed by atoms with Crippen molar-refractivity contribution in [2.75, 3.05) is 7.05 Å². The Bertz CT molecular complexity index is 841. The third-order valence-electron chi connectivity index (χ3n) is 3.60. The summed E-state index contributed by atoms with van der Waals surface area (Å²) >= 11 is 12.2. The van der Waals surface area contributed by atoms with Crippen LogP contribution in [0.5, 0.6) is 0 Å². The normalized spacial score (nSPS) is 10.6. The lowest BCUT2D eigenvalue weighted by Gasteiger charge is -2.17. The molecule has 1 heterocycles. The van der Waals surface area contributed by atoms with Gasteiger partial charge >= 0.3 is 0 Å². The smallest absolute Gasteiger partial charge is 0.256 e. The molecule has 122 valence electrons. The number of nitrogens with zero attached hydrogens (tertiary/aromatic N) is 3. The molecule has 0 bridgehead atoms. The molecule has 2 aromatic carbocycles. The molecule has 0 aliphatic heterocycles. The Morgan fingerprint density at radius 2 is 1.75 bits per heavy atom. The van der Waals surface area contributed by atoms with Crippen LogP contribution in [0, 0.1) is 0 Å². The lowest BCUT2D eigenvalue weighted by Crippen LogP contribution is -2.26. The predicted molar refractivity (Wildman–Crippen MR) is 95.8 cm³/mol. The van der Waals surface area contributed by atoms with E-state index in [2.05, 4.69) is 5.10 Å². The summed E-state index contributed by atoms with van der Waals surface area (Å²) in [6.45, 7) is 0.410. The van der Waals surface area contributed by atoms with Gasteiger partial charge in [-0.3, -0.25) is 4.79 Å². The van der Waals surface area contributed by atoms with Gasteiger partial charge in [0.1, 0.15) is 0 Å². The average Bonchev–Trinajstić information content (AvgIpc) is 3.04. The van der Waals surface area contributed by atoms with Gasteiger partial charge in [-0.05, 0) is 24.3 Å². The summed E-state index contributed by atoms with van der Waals surface area (Å²) in [5, 5.41) is 5.03. The van der Waals surface area contributed by atoms with E-state index in [0.29, 0.717) is 22.2 Å². The maximum absolute atomic E-state index is 12.6. The monoisotopic (exact) mass is 359 g/mol. The topological polar surface area (TPSA) is 38.1 Å². The van der Waals surface area contributed by atoms with Gasteiger partial charge in [0.2, 0.25) is 0 Å². The number of halogens is 2. The minimum Gasteiger partial charge on any atom is -0.337 e. The molecule has 0 N–H and O–H groups in total. The molecular formula is C18H15Cl2N3O. The lowest BCUT2D eigenvalue weighted by molar-refractivity contribution is 0.0785. The SMILES string of the molecule is CN(Cc1cnn(-c2ccccc2)c1)C(=O)c1c(Cl)cccc1Cl. The average molecular weight is 360 g/mol. The van der Waals surface area contributed by atoms with E-state index in [1.54, 1.807) is 41.0 Å². The van der Waals surface area contributed by atoms with Gasteiger partial charge in [-0.25, -0.2) is 4.68 Å². The van der Waals surface area contributed by atoms with E-state index in [-0.39, 0.29) is 5.91 Å². The molecule has 24 heavy (non-hydrogen) atoms. The molecule has 0 atom stereocenters. The Hall–Kier alpha value is -2.30. The van der Waals surface area contributed by atoms with Crippen LogP contribution >= 0.6 is 23.2 Å². The van der Waals surface area contributed by atoms with Crippen LogP contribution in [0.2, 0.25) is 10.0 Å². The van der Waals surface area contributed by atoms with Gasteiger partial charge in [-0.1, -0.05) is 47.5 Å². The zero-order chi connectivity index (χ0) is 17.1. The number of carbonyl (C=O) groups excluding carboxylic acids is 1. The van der Waals surface area contributed by atoms with E-state index in [1.165, 1.54) is 0 Å². The highest BCUT2D eigenvalue weighted by Crippen LogP contribution is 2.25. The van der Waals surface area contributed by atoms with Crippen LogP contribution in [0.1, 0.15) is 15.9 Å². The highest BCUT2D eigenvalue weighted by Gasteiger charge is 2.19. The number of amides is 1. The third kappa shape index (κ3) is 3.45. The number of benzene rings is 2. The van der Waals surface area contributed by atoms with Gasteiger partial charge in [0.05, 0.1) is 27.5 Å². The Morgan fingerprint density at radius 1 is 1.08 bits per heavy atom. The number of hydrogen-bond donors (Lipinski definition) is 0. The van der Waals surface area contributed by atoms with Crippen LogP contribution in [0.4, 0.5) is 0 Å². The van der Waals surface area contributed by atoms with Gasteiger partial charge in [0.15, 0.2) is 0 Å². The highest BCUT2D eigenvalue weighted by atomic mass is 35.5. The van der Waals surface area contributed by atoms with E-state index >= 15 is 0 Å². The molecule has 1 amide bonds. The first-order chi connectivity index (χ1) is 11.6. The van der Waals surface area contributed by atoms with Crippen molar-refractivity contribution in [3.8, 4) is 5.69 Å². The summed E-state index contributed by atoms with van der Waals surface area (Å²) in [6, 6.07) is 14.8. The Morgan fingerprint density at radius 3 is 2.42 bits per heavy atom. The van der Waals surface area contributed by atoms with Crippen molar-refractivity contribution in [1.29, 1.82) is 0 Å². The summed E-state index contributed by atoms with van der Waals surface area (Å²) < 4.78 is 1.77. The number of rotatable bonds is 4. The van der Waals surface area contributed by atoms with Crippen LogP contribution < -0.4 is 0 Å². The van der Waals surface area contributed by atoms with E-state index in [9.17, 15) is 4.79 Å². The first-order valence-corrected chi connectivity index (χ1v) is 8.10. The molecule has 0 unspecified atom stereocenters. The molecule has 4 nitrogen and oxygen atoms in total. The van der Waals surface area contributed by atoms with Crippen LogP contribution in [0.25, 0.3) is 5.69 Å². The molecule has 0 aliphatic rings. The van der Waals surface area contributed by atoms with Crippen LogP contribution in [-0.4, -0.2) is 27.6 Å². The summed E-state index contributed by atoms with van der Waals surface area (Å²) in [7, 11) is 1.71. The highest BCUT2D eigenvalue weighted by molar-refractivity contribution is 6.39. The zero-order valence-corrected chi connectivity index (χ0v) is 14.5. The number of carbonyl (C=O) groups is 1. The molecule has 0 saturated carbocycles. The van der Waals surface area contributed by atoms with Crippen molar-refractivity contribution in [2.45, 2.75) is 6.54 Å². The number of hydrogen-bond acceptors (Lipinski definition) is 2. The quantitative estimate of drug-likeness (QED) is 0.689. The van der Waals surface area contributed by atoms with Gasteiger partial charge < -0.3 is 4.90 Å². The second-order valence-electron chi connectivity index (χ2n) is 5.39. The molecule has 0 radical (unpaired) electrons. The van der Waals surface area contributed by atoms with E-state index < -0.39 is 0 Å². The van der Waals surface area contributed by atoms with Crippen molar-refractivity contribution in [3.63, 3.8) is 0 Å². The van der Waals surface area contributed by atoms with Gasteiger partial charge in [0, 0.05) is 25.4 Å². The molecule has 0 fully saturated rings. The number of aromatic nitrogens is 2. The molecule has 0 saturated heterocycles. The van der Waals surface area contributed by atoms with Crippen LogP contribution in [-0.2, 0) is 6.54 Å². The van der Waals surface area contributed by atoms with Gasteiger partial charge in [0.25, 0.3) is 5.91 Å². The molecule has 1 aromatic heterocycles. The first kappa shape index (κ1) is 16.6. The van der Waals surface area contributed by atoms with Crippen molar-refractivity contribution in [2.24, 2.45) is 0 Å². The summed E-state index contributed by atoms with van der Waals surface area (Å²) in [6.07, 6.45) is 3.64. The summed E-state index contributed by atoms with van der Waals surface area (Å²) in [4.78, 5) is 14.2. The predicted octanol–water partition coefficient (Wildman–Crippen LogP) is 4.45. The molecule has 6 heteroatoms. The molecule has 0 spiro atoms. The fourth-order valence-corrected chi connectivity index (χ4v) is 2.96. The fourth-order valence-electron chi connectivity index (χ4n) is 2.40. The molecule has 3 rings (SSSR count). The largest absolute Gasteiger partial charge is 0.337 e. The lowest BCUT2D eigenvalue weighted by atomic mass is 10.2. The summed E-state index contributed by atoms with van der Waals surface area (Å²) in [5.41, 5.74) is 2.20. The number of para-hydroxylation sites is 1. The van der Waals surface area contributed by atoms with E-state index in [4.69, 9.17) is 23.2 Å². The first-order valence-electron chi connectivity index (χ1n) is 7.34. The second kappa shape index (κ2) is 7.07. The summed E-state index contributed by atoms with van der Waals surface area (Å²) in [5.74, 6) is -0.224. The van der Waals surface area contributed by atoms with Crippen molar-refractivity contribution < 1.29 is 4.79 Å². The standard InChI is InChI=1S/C18H15Cl2N3O/c1-22(18(24)17-15(19)8-5-9-16(17)20)11-13-10-21-23(12-13)14-6-3-2-4-7-14/h2-10,12H,11H2,1H3. The van der Waals surface area contributed by atoms with Crippen molar-refractivity contribution >= 4 is 29.1 Å². The molecule has 3 aromatic rings. The van der Waals surface area contributed by atoms with Crippen molar-refractivity contribution in [1.82, 2.24) is 14.7 Å². The van der Waals surface area contributed by atoms with Crippen LogP contribution in [0.3, 0.4) is 0 Å². The molecule has 0 aliphatic carbocycles. The fraction of sp³-hybridized carbons (Fsp3) is 0.111. The Balaban J connectivity index is 1.77. The minimum atomic E-state index is -0.224. The Kier molecular flexibility index (Phi) is 4.88. The molecular weight excluding hydrogens is 345 g/mol. The minimum absolute atomic E-state index is 0.224. The van der Waals surface area contributed by atoms with Gasteiger partial charge in [-0.2, -0.15) is 5.10 Å². The van der Waals surface area contributed by atoms with Crippen molar-refractivity contribution in [3.05, 3.63) is 82.1 Å². The zero-order valence-electron chi connectivity index (χ0n) is 13.0. The van der Waals surface area contributed by atoms with Crippen LogP contribution in [0.15, 0.2) is 60.9 Å². The Labute approximate surface area is 150 Å². The van der Waals surface area contributed by atoms with E-state index in [0.717, 1.165) is 11.3 Å². The second-order valence-corrected chi connectivity index (χ2v) is 6.20. The van der Waals surface area contributed by atoms with E-state index in [1.807, 2.05) is 36.5 Å². The maximum atomic E-state index is 12.6. The third-order valence-corrected chi connectivity index (χ3v) is 4.23. The van der Waals surface area contributed by atoms with Gasteiger partial charge in [-0.15, -0.1) is 0 Å². The maximum Gasteiger partial charge on any atom is 0.256 e.